The predicted octanol–water partition coefficient (Wildman–Crippen LogP) is 3.28. The van der Waals surface area contributed by atoms with Crippen LogP contribution in [0.25, 0.3) is 22.3 Å². The fraction of sp³-hybridized carbons (Fsp3) is 0.500. The molecule has 10 heteroatoms. The summed E-state index contributed by atoms with van der Waals surface area (Å²) in [5.41, 5.74) is 2.06. The summed E-state index contributed by atoms with van der Waals surface area (Å²) in [5.74, 6) is 1.000. The highest BCUT2D eigenvalue weighted by Crippen LogP contribution is 2.43. The van der Waals surface area contributed by atoms with E-state index in [9.17, 15) is 13.2 Å². The number of thioether (sulfide) groups is 1. The second-order valence-electron chi connectivity index (χ2n) is 8.60. The molecule has 8 nitrogen and oxygen atoms in total. The molecule has 2 aromatic heterocycles. The van der Waals surface area contributed by atoms with Gasteiger partial charge < -0.3 is 9.88 Å². The quantitative estimate of drug-likeness (QED) is 0.529. The van der Waals surface area contributed by atoms with Crippen LogP contribution in [0.2, 0.25) is 0 Å². The number of aromatic amines is 1. The first-order chi connectivity index (χ1) is 15.4. The van der Waals surface area contributed by atoms with E-state index >= 15 is 0 Å². The monoisotopic (exact) mass is 473 g/mol. The lowest BCUT2D eigenvalue weighted by Crippen LogP contribution is -2.44. The van der Waals surface area contributed by atoms with Gasteiger partial charge in [0.05, 0.1) is 16.8 Å². The third-order valence-corrected chi connectivity index (χ3v) is 9.10. The fourth-order valence-corrected chi connectivity index (χ4v) is 7.24. The summed E-state index contributed by atoms with van der Waals surface area (Å²) in [6.07, 6.45) is 4.63. The van der Waals surface area contributed by atoms with E-state index in [1.165, 1.54) is 11.8 Å². The van der Waals surface area contributed by atoms with Crippen molar-refractivity contribution < 1.29 is 13.2 Å². The minimum atomic E-state index is -3.05. The summed E-state index contributed by atoms with van der Waals surface area (Å²) in [7, 11) is -3.05. The summed E-state index contributed by atoms with van der Waals surface area (Å²) in [6, 6.07) is 8.23. The van der Waals surface area contributed by atoms with Gasteiger partial charge in [-0.3, -0.25) is 9.36 Å². The van der Waals surface area contributed by atoms with Crippen molar-refractivity contribution in [3.8, 4) is 11.4 Å². The summed E-state index contributed by atoms with van der Waals surface area (Å²) >= 11 is 1.41. The van der Waals surface area contributed by atoms with E-state index < -0.39 is 9.84 Å². The average Bonchev–Trinajstić information content (AvgIpc) is 3.22. The predicted molar refractivity (Wildman–Crippen MR) is 125 cm³/mol. The van der Waals surface area contributed by atoms with Crippen molar-refractivity contribution in [2.45, 2.75) is 55.6 Å². The minimum Gasteiger partial charge on any atom is -0.360 e. The number of nitrogens with zero attached hydrogens (tertiary/aromatic N) is 4. The maximum absolute atomic E-state index is 13.2. The van der Waals surface area contributed by atoms with E-state index in [4.69, 9.17) is 0 Å². The van der Waals surface area contributed by atoms with E-state index in [0.29, 0.717) is 19.0 Å². The van der Waals surface area contributed by atoms with Crippen LogP contribution in [0, 0.1) is 0 Å². The molecule has 1 aliphatic carbocycles. The highest BCUT2D eigenvalue weighted by Gasteiger charge is 2.37. The largest absolute Gasteiger partial charge is 0.360 e. The van der Waals surface area contributed by atoms with Crippen molar-refractivity contribution >= 4 is 38.4 Å². The van der Waals surface area contributed by atoms with Gasteiger partial charge in [-0.2, -0.15) is 0 Å². The third kappa shape index (κ3) is 3.94. The number of nitrogens with one attached hydrogen (secondary N) is 1. The van der Waals surface area contributed by atoms with Crippen LogP contribution in [0.1, 0.15) is 39.2 Å². The Morgan fingerprint density at radius 2 is 2.06 bits per heavy atom. The number of sulfone groups is 1. The molecule has 1 aromatic carbocycles. The Balaban J connectivity index is 1.40. The number of H-pyrrole nitrogens is 1. The van der Waals surface area contributed by atoms with Crippen molar-refractivity contribution in [2.75, 3.05) is 18.1 Å². The van der Waals surface area contributed by atoms with Gasteiger partial charge in [0.25, 0.3) is 0 Å². The number of carbonyl (C=O) groups excluding carboxylic acids is 1. The molecule has 1 aliphatic heterocycles. The number of rotatable bonds is 7. The Bertz CT molecular complexity index is 1260. The van der Waals surface area contributed by atoms with E-state index in [1.54, 1.807) is 4.90 Å². The number of hydrogen-bond donors (Lipinski definition) is 1. The van der Waals surface area contributed by atoms with Crippen molar-refractivity contribution in [3.63, 3.8) is 0 Å². The van der Waals surface area contributed by atoms with Gasteiger partial charge in [0, 0.05) is 41.3 Å². The molecule has 0 bridgehead atoms. The molecular weight excluding hydrogens is 446 g/mol. The number of aromatic nitrogens is 4. The van der Waals surface area contributed by atoms with Crippen molar-refractivity contribution in [2.24, 2.45) is 0 Å². The van der Waals surface area contributed by atoms with Gasteiger partial charge in [-0.15, -0.1) is 10.2 Å². The first-order valence-electron chi connectivity index (χ1n) is 11.1. The van der Waals surface area contributed by atoms with Gasteiger partial charge in [0.2, 0.25) is 5.91 Å². The summed E-state index contributed by atoms with van der Waals surface area (Å²) in [4.78, 5) is 18.3. The molecule has 3 aromatic rings. The molecule has 1 saturated carbocycles. The molecule has 1 N–H and O–H groups in total. The Labute approximate surface area is 191 Å². The lowest BCUT2D eigenvalue weighted by molar-refractivity contribution is -0.131. The fourth-order valence-electron chi connectivity index (χ4n) is 4.52. The molecule has 0 unspecified atom stereocenters. The zero-order chi connectivity index (χ0) is 22.5. The molecule has 0 spiro atoms. The molecule has 32 heavy (non-hydrogen) atoms. The van der Waals surface area contributed by atoms with Crippen LogP contribution >= 0.6 is 11.8 Å². The first kappa shape index (κ1) is 21.5. The number of amides is 1. The Morgan fingerprint density at radius 1 is 1.28 bits per heavy atom. The molecule has 0 radical (unpaired) electrons. The molecular formula is C22H27N5O3S2. The van der Waals surface area contributed by atoms with Crippen LogP contribution < -0.4 is 0 Å². The number of fused-ring (bicyclic) bond motifs is 1. The van der Waals surface area contributed by atoms with Crippen LogP contribution in [0.15, 0.2) is 35.6 Å². The summed E-state index contributed by atoms with van der Waals surface area (Å²) in [6.45, 7) is 4.28. The zero-order valence-corrected chi connectivity index (χ0v) is 19.8. The second kappa shape index (κ2) is 8.22. The number of carbonyl (C=O) groups is 1. The lowest BCUT2D eigenvalue weighted by Gasteiger charge is -2.29. The minimum absolute atomic E-state index is 0.0430. The normalized spacial score (nSPS) is 21.1. The van der Waals surface area contributed by atoms with Gasteiger partial charge in [-0.05, 0) is 39.2 Å². The molecule has 2 fully saturated rings. The van der Waals surface area contributed by atoms with Crippen LogP contribution in [-0.4, -0.2) is 68.3 Å². The Morgan fingerprint density at radius 3 is 2.75 bits per heavy atom. The maximum atomic E-state index is 13.2. The molecule has 2 atom stereocenters. The number of hydrogen-bond acceptors (Lipinski definition) is 6. The van der Waals surface area contributed by atoms with Crippen molar-refractivity contribution in [3.05, 3.63) is 30.5 Å². The van der Waals surface area contributed by atoms with Crippen LogP contribution in [-0.2, 0) is 14.6 Å². The highest BCUT2D eigenvalue weighted by molar-refractivity contribution is 8.00. The molecule has 3 heterocycles. The van der Waals surface area contributed by atoms with Crippen molar-refractivity contribution in [1.82, 2.24) is 24.6 Å². The zero-order valence-electron chi connectivity index (χ0n) is 18.2. The standard InChI is InChI=1S/C22H27N5O3S2/c1-3-26(16-10-11-32(29,30)13-16)21(28)14(2)31-22-25-24-20(27(22)15-8-9-15)18-12-23-19-7-5-4-6-17(18)19/h4-7,12,14-16,23H,3,8-11,13H2,1-2H3/t14-,16+/m1/s1. The molecule has 2 aliphatic rings. The van der Waals surface area contributed by atoms with Crippen LogP contribution in [0.3, 0.4) is 0 Å². The Kier molecular flexibility index (Phi) is 5.53. The third-order valence-electron chi connectivity index (χ3n) is 6.31. The highest BCUT2D eigenvalue weighted by atomic mass is 32.2. The molecule has 1 saturated heterocycles. The average molecular weight is 474 g/mol. The topological polar surface area (TPSA) is 101 Å². The summed E-state index contributed by atoms with van der Waals surface area (Å²) in [5, 5.41) is 10.4. The van der Waals surface area contributed by atoms with Crippen LogP contribution in [0.4, 0.5) is 0 Å². The van der Waals surface area contributed by atoms with Gasteiger partial charge in [-0.1, -0.05) is 30.0 Å². The molecule has 1 amide bonds. The van der Waals surface area contributed by atoms with E-state index in [-0.39, 0.29) is 28.7 Å². The Hall–Kier alpha value is -2.33. The van der Waals surface area contributed by atoms with Gasteiger partial charge in [0.15, 0.2) is 20.8 Å². The van der Waals surface area contributed by atoms with Gasteiger partial charge >= 0.3 is 0 Å². The lowest BCUT2D eigenvalue weighted by atomic mass is 10.1. The number of benzene rings is 1. The van der Waals surface area contributed by atoms with E-state index in [2.05, 4.69) is 25.8 Å². The van der Waals surface area contributed by atoms with Gasteiger partial charge in [0.1, 0.15) is 0 Å². The first-order valence-corrected chi connectivity index (χ1v) is 13.8. The van der Waals surface area contributed by atoms with E-state index in [1.807, 2.05) is 38.2 Å². The maximum Gasteiger partial charge on any atom is 0.236 e. The van der Waals surface area contributed by atoms with Crippen LogP contribution in [0.5, 0.6) is 0 Å². The van der Waals surface area contributed by atoms with Crippen molar-refractivity contribution in [1.29, 1.82) is 0 Å². The molecule has 5 rings (SSSR count). The number of para-hydroxylation sites is 1. The summed E-state index contributed by atoms with van der Waals surface area (Å²) < 4.78 is 26.0. The smallest absolute Gasteiger partial charge is 0.236 e. The van der Waals surface area contributed by atoms with Gasteiger partial charge in [-0.25, -0.2) is 8.42 Å². The second-order valence-corrected chi connectivity index (χ2v) is 12.1. The molecule has 170 valence electrons. The SMILES string of the molecule is CCN(C(=O)[C@@H](C)Sc1nnc(-c2c[nH]c3ccccc23)n1C1CC1)[C@H]1CCS(=O)(=O)C1. The van der Waals surface area contributed by atoms with E-state index in [0.717, 1.165) is 40.3 Å².